The average molecular weight is 282 g/mol. The summed E-state index contributed by atoms with van der Waals surface area (Å²) in [5, 5.41) is 4.14. The van der Waals surface area contributed by atoms with Gasteiger partial charge in [0.25, 0.3) is 0 Å². The Balaban J connectivity index is 1.95. The molecule has 106 valence electrons. The maximum Gasteiger partial charge on any atom is 0.246 e. The van der Waals surface area contributed by atoms with Crippen LogP contribution in [0.25, 0.3) is 11.3 Å². The SMILES string of the molecule is COc1cccc(Oc2nccnc2-c2cnn(C)c2)c1. The molecule has 21 heavy (non-hydrogen) atoms. The van der Waals surface area contributed by atoms with Gasteiger partial charge in [-0.2, -0.15) is 5.10 Å². The average Bonchev–Trinajstić information content (AvgIpc) is 2.94. The molecule has 0 fully saturated rings. The predicted octanol–water partition coefficient (Wildman–Crippen LogP) is 2.68. The molecule has 0 bridgehead atoms. The maximum atomic E-state index is 5.83. The number of hydrogen-bond acceptors (Lipinski definition) is 5. The van der Waals surface area contributed by atoms with Crippen LogP contribution >= 0.6 is 0 Å². The van der Waals surface area contributed by atoms with Crippen LogP contribution in [0.5, 0.6) is 17.4 Å². The zero-order chi connectivity index (χ0) is 14.7. The van der Waals surface area contributed by atoms with Crippen molar-refractivity contribution in [2.75, 3.05) is 7.11 Å². The summed E-state index contributed by atoms with van der Waals surface area (Å²) in [7, 11) is 3.46. The fourth-order valence-corrected chi connectivity index (χ4v) is 1.92. The van der Waals surface area contributed by atoms with E-state index in [0.29, 0.717) is 17.3 Å². The summed E-state index contributed by atoms with van der Waals surface area (Å²) in [6, 6.07) is 7.34. The third kappa shape index (κ3) is 2.84. The first-order valence-corrected chi connectivity index (χ1v) is 6.38. The van der Waals surface area contributed by atoms with Gasteiger partial charge in [0.05, 0.1) is 13.3 Å². The lowest BCUT2D eigenvalue weighted by molar-refractivity contribution is 0.407. The Hall–Kier alpha value is -2.89. The van der Waals surface area contributed by atoms with E-state index in [0.717, 1.165) is 11.3 Å². The molecule has 6 heteroatoms. The Labute approximate surface area is 122 Å². The van der Waals surface area contributed by atoms with Gasteiger partial charge in [0, 0.05) is 37.3 Å². The third-order valence-corrected chi connectivity index (χ3v) is 2.90. The Morgan fingerprint density at radius 3 is 2.67 bits per heavy atom. The number of aromatic nitrogens is 4. The van der Waals surface area contributed by atoms with Gasteiger partial charge in [0.1, 0.15) is 17.2 Å². The van der Waals surface area contributed by atoms with Crippen molar-refractivity contribution in [1.82, 2.24) is 19.7 Å². The van der Waals surface area contributed by atoms with Crippen molar-refractivity contribution in [1.29, 1.82) is 0 Å². The molecule has 0 amide bonds. The zero-order valence-corrected chi connectivity index (χ0v) is 11.7. The quantitative estimate of drug-likeness (QED) is 0.736. The molecule has 3 aromatic rings. The van der Waals surface area contributed by atoms with Gasteiger partial charge in [-0.25, -0.2) is 9.97 Å². The van der Waals surface area contributed by atoms with E-state index in [-0.39, 0.29) is 0 Å². The molecule has 0 saturated carbocycles. The van der Waals surface area contributed by atoms with Crippen LogP contribution in [0.4, 0.5) is 0 Å². The van der Waals surface area contributed by atoms with Crippen molar-refractivity contribution in [3.8, 4) is 28.6 Å². The van der Waals surface area contributed by atoms with Gasteiger partial charge in [-0.05, 0) is 12.1 Å². The number of methoxy groups -OCH3 is 1. The van der Waals surface area contributed by atoms with Crippen LogP contribution in [-0.2, 0) is 7.05 Å². The van der Waals surface area contributed by atoms with Crippen LogP contribution in [0.15, 0.2) is 49.1 Å². The molecule has 0 aliphatic rings. The molecule has 0 spiro atoms. The van der Waals surface area contributed by atoms with Crippen LogP contribution in [0, 0.1) is 0 Å². The largest absolute Gasteiger partial charge is 0.497 e. The van der Waals surface area contributed by atoms with E-state index in [4.69, 9.17) is 9.47 Å². The smallest absolute Gasteiger partial charge is 0.246 e. The molecule has 0 aliphatic heterocycles. The van der Waals surface area contributed by atoms with Crippen LogP contribution in [0.3, 0.4) is 0 Å². The molecule has 0 radical (unpaired) electrons. The van der Waals surface area contributed by atoms with Crippen molar-refractivity contribution >= 4 is 0 Å². The fraction of sp³-hybridized carbons (Fsp3) is 0.133. The molecular weight excluding hydrogens is 268 g/mol. The summed E-state index contributed by atoms with van der Waals surface area (Å²) in [6.45, 7) is 0. The Morgan fingerprint density at radius 2 is 1.90 bits per heavy atom. The van der Waals surface area contributed by atoms with Crippen molar-refractivity contribution in [3.63, 3.8) is 0 Å². The number of aryl methyl sites for hydroxylation is 1. The lowest BCUT2D eigenvalue weighted by Crippen LogP contribution is -1.94. The lowest BCUT2D eigenvalue weighted by Gasteiger charge is -2.08. The van der Waals surface area contributed by atoms with E-state index < -0.39 is 0 Å². The molecule has 3 rings (SSSR count). The molecule has 2 aromatic heterocycles. The third-order valence-electron chi connectivity index (χ3n) is 2.90. The molecule has 2 heterocycles. The minimum Gasteiger partial charge on any atom is -0.497 e. The lowest BCUT2D eigenvalue weighted by atomic mass is 10.2. The topological polar surface area (TPSA) is 62.1 Å². The normalized spacial score (nSPS) is 10.4. The standard InChI is InChI=1S/C15H14N4O2/c1-19-10-11(9-18-19)14-15(17-7-6-16-14)21-13-5-3-4-12(8-13)20-2/h3-10H,1-2H3. The van der Waals surface area contributed by atoms with Gasteiger partial charge in [0.2, 0.25) is 5.88 Å². The highest BCUT2D eigenvalue weighted by molar-refractivity contribution is 5.62. The van der Waals surface area contributed by atoms with Crippen molar-refractivity contribution in [2.45, 2.75) is 0 Å². The highest BCUT2D eigenvalue weighted by Gasteiger charge is 2.12. The maximum absolute atomic E-state index is 5.83. The van der Waals surface area contributed by atoms with E-state index in [1.54, 1.807) is 36.4 Å². The Morgan fingerprint density at radius 1 is 1.10 bits per heavy atom. The fourth-order valence-electron chi connectivity index (χ4n) is 1.92. The highest BCUT2D eigenvalue weighted by atomic mass is 16.5. The molecule has 0 N–H and O–H groups in total. The van der Waals surface area contributed by atoms with E-state index in [9.17, 15) is 0 Å². The predicted molar refractivity (Wildman–Crippen MR) is 77.3 cm³/mol. The van der Waals surface area contributed by atoms with Gasteiger partial charge in [0.15, 0.2) is 0 Å². The Kier molecular flexibility index (Phi) is 3.51. The molecule has 0 unspecified atom stereocenters. The first kappa shape index (κ1) is 13.1. The highest BCUT2D eigenvalue weighted by Crippen LogP contribution is 2.30. The second kappa shape index (κ2) is 5.62. The van der Waals surface area contributed by atoms with Crippen molar-refractivity contribution < 1.29 is 9.47 Å². The summed E-state index contributed by atoms with van der Waals surface area (Å²) < 4.78 is 12.7. The number of ether oxygens (including phenoxy) is 2. The molecule has 0 atom stereocenters. The molecule has 0 saturated heterocycles. The molecule has 6 nitrogen and oxygen atoms in total. The number of rotatable bonds is 4. The summed E-state index contributed by atoms with van der Waals surface area (Å²) in [5.74, 6) is 1.79. The number of hydrogen-bond donors (Lipinski definition) is 0. The number of benzene rings is 1. The summed E-state index contributed by atoms with van der Waals surface area (Å²) in [5.41, 5.74) is 1.50. The summed E-state index contributed by atoms with van der Waals surface area (Å²) in [4.78, 5) is 8.58. The van der Waals surface area contributed by atoms with Crippen LogP contribution in [0.2, 0.25) is 0 Å². The van der Waals surface area contributed by atoms with Crippen LogP contribution in [0.1, 0.15) is 0 Å². The van der Waals surface area contributed by atoms with Gasteiger partial charge in [-0.15, -0.1) is 0 Å². The molecule has 1 aromatic carbocycles. The monoisotopic (exact) mass is 282 g/mol. The second-order valence-corrected chi connectivity index (χ2v) is 4.39. The van der Waals surface area contributed by atoms with E-state index in [2.05, 4.69) is 15.1 Å². The van der Waals surface area contributed by atoms with Crippen LogP contribution < -0.4 is 9.47 Å². The van der Waals surface area contributed by atoms with Gasteiger partial charge in [-0.3, -0.25) is 4.68 Å². The number of nitrogens with zero attached hydrogens (tertiary/aromatic N) is 4. The van der Waals surface area contributed by atoms with E-state index in [1.165, 1.54) is 0 Å². The van der Waals surface area contributed by atoms with E-state index in [1.807, 2.05) is 31.4 Å². The first-order valence-electron chi connectivity index (χ1n) is 6.38. The second-order valence-electron chi connectivity index (χ2n) is 4.39. The first-order chi connectivity index (χ1) is 10.3. The zero-order valence-electron chi connectivity index (χ0n) is 11.7. The molecular formula is C15H14N4O2. The molecule has 0 aliphatic carbocycles. The Bertz CT molecular complexity index is 755. The summed E-state index contributed by atoms with van der Waals surface area (Å²) >= 11 is 0. The van der Waals surface area contributed by atoms with Crippen LogP contribution in [-0.4, -0.2) is 26.9 Å². The minimum absolute atomic E-state index is 0.429. The van der Waals surface area contributed by atoms with Crippen molar-refractivity contribution in [2.24, 2.45) is 7.05 Å². The van der Waals surface area contributed by atoms with E-state index >= 15 is 0 Å². The van der Waals surface area contributed by atoms with Gasteiger partial charge < -0.3 is 9.47 Å². The van der Waals surface area contributed by atoms with Gasteiger partial charge >= 0.3 is 0 Å². The van der Waals surface area contributed by atoms with Crippen molar-refractivity contribution in [3.05, 3.63) is 49.1 Å². The van der Waals surface area contributed by atoms with Gasteiger partial charge in [-0.1, -0.05) is 6.07 Å². The minimum atomic E-state index is 0.429. The summed E-state index contributed by atoms with van der Waals surface area (Å²) in [6.07, 6.45) is 6.81.